The monoisotopic (exact) mass is 378 g/mol. The van der Waals surface area contributed by atoms with E-state index < -0.39 is 14.4 Å². The maximum Gasteiger partial charge on any atom is 0.192 e. The van der Waals surface area contributed by atoms with Gasteiger partial charge in [0.25, 0.3) is 0 Å². The van der Waals surface area contributed by atoms with Crippen molar-refractivity contribution in [3.8, 4) is 11.5 Å². The quantitative estimate of drug-likeness (QED) is 0.780. The molecule has 0 radical (unpaired) electrons. The fourth-order valence-corrected chi connectivity index (χ4v) is 4.06. The molecule has 26 heavy (non-hydrogen) atoms. The van der Waals surface area contributed by atoms with E-state index in [4.69, 9.17) is 14.9 Å². The van der Waals surface area contributed by atoms with Crippen molar-refractivity contribution in [2.24, 2.45) is 12.8 Å². The highest BCUT2D eigenvalue weighted by Crippen LogP contribution is 2.42. The van der Waals surface area contributed by atoms with Gasteiger partial charge < -0.3 is 24.6 Å². The predicted octanol–water partition coefficient (Wildman–Crippen LogP) is 3.27. The van der Waals surface area contributed by atoms with Crippen LogP contribution in [0.2, 0.25) is 18.1 Å². The summed E-state index contributed by atoms with van der Waals surface area (Å²) in [7, 11) is 1.14. The van der Waals surface area contributed by atoms with E-state index in [-0.39, 0.29) is 22.8 Å². The number of pyridine rings is 1. The number of rotatable bonds is 5. The third-order valence-electron chi connectivity index (χ3n) is 5.34. The van der Waals surface area contributed by atoms with E-state index in [1.54, 1.807) is 23.9 Å². The van der Waals surface area contributed by atoms with Gasteiger partial charge in [0.1, 0.15) is 0 Å². The van der Waals surface area contributed by atoms with E-state index >= 15 is 0 Å². The Morgan fingerprint density at radius 2 is 1.96 bits per heavy atom. The number of ether oxygens (including phenoxy) is 1. The van der Waals surface area contributed by atoms with Crippen LogP contribution in [0.3, 0.4) is 0 Å². The SMILES string of the molecule is COc1cc(C(CN)O[Si](C)(C)C(C)(C)C)c2c(=O)ccn(C)c2c1O. The Bertz CT molecular complexity index is 868. The normalized spacial score (nSPS) is 13.8. The highest BCUT2D eigenvalue weighted by atomic mass is 28.4. The molecule has 144 valence electrons. The van der Waals surface area contributed by atoms with Crippen LogP contribution in [0.4, 0.5) is 0 Å². The fourth-order valence-electron chi connectivity index (χ4n) is 2.77. The first-order valence-corrected chi connectivity index (χ1v) is 11.6. The molecule has 0 bridgehead atoms. The van der Waals surface area contributed by atoms with Crippen LogP contribution >= 0.6 is 0 Å². The second-order valence-electron chi connectivity index (χ2n) is 8.13. The zero-order valence-electron chi connectivity index (χ0n) is 16.7. The average Bonchev–Trinajstić information content (AvgIpc) is 2.55. The van der Waals surface area contributed by atoms with Gasteiger partial charge in [-0.25, -0.2) is 0 Å². The Balaban J connectivity index is 2.77. The molecule has 7 heteroatoms. The van der Waals surface area contributed by atoms with Crippen molar-refractivity contribution < 1.29 is 14.3 Å². The summed E-state index contributed by atoms with van der Waals surface area (Å²) in [6.07, 6.45) is 1.17. The van der Waals surface area contributed by atoms with Gasteiger partial charge in [0.05, 0.1) is 24.1 Å². The standard InChI is InChI=1S/C19H30N2O4Si/c1-19(2,3)26(6,7)25-15(11-20)12-10-14(24-5)18(23)17-16(12)13(22)8-9-21(17)4/h8-10,15,23H,11,20H2,1-7H3. The van der Waals surface area contributed by atoms with Crippen LogP contribution in [0, 0.1) is 0 Å². The second-order valence-corrected chi connectivity index (χ2v) is 12.9. The highest BCUT2D eigenvalue weighted by molar-refractivity contribution is 6.74. The van der Waals surface area contributed by atoms with Crippen molar-refractivity contribution >= 4 is 19.2 Å². The van der Waals surface area contributed by atoms with Crippen molar-refractivity contribution in [2.45, 2.75) is 45.0 Å². The van der Waals surface area contributed by atoms with E-state index in [1.807, 2.05) is 0 Å². The van der Waals surface area contributed by atoms with Crippen molar-refractivity contribution in [3.63, 3.8) is 0 Å². The number of nitrogens with two attached hydrogens (primary N) is 1. The summed E-state index contributed by atoms with van der Waals surface area (Å²) < 4.78 is 13.5. The molecule has 6 nitrogen and oxygen atoms in total. The number of hydrogen-bond acceptors (Lipinski definition) is 5. The summed E-state index contributed by atoms with van der Waals surface area (Å²) in [5, 5.41) is 11.0. The van der Waals surface area contributed by atoms with Gasteiger partial charge in [-0.15, -0.1) is 0 Å². The van der Waals surface area contributed by atoms with E-state index in [2.05, 4.69) is 33.9 Å². The summed E-state index contributed by atoms with van der Waals surface area (Å²) in [6, 6.07) is 3.15. The molecule has 0 saturated heterocycles. The number of phenols is 1. The van der Waals surface area contributed by atoms with Gasteiger partial charge in [0, 0.05) is 25.9 Å². The molecule has 1 aromatic carbocycles. The Kier molecular flexibility index (Phi) is 5.56. The highest BCUT2D eigenvalue weighted by Gasteiger charge is 2.39. The van der Waals surface area contributed by atoms with Gasteiger partial charge >= 0.3 is 0 Å². The smallest absolute Gasteiger partial charge is 0.192 e. The zero-order valence-corrected chi connectivity index (χ0v) is 17.7. The Labute approximate surface area is 155 Å². The molecular weight excluding hydrogens is 348 g/mol. The lowest BCUT2D eigenvalue weighted by Crippen LogP contribution is -2.43. The van der Waals surface area contributed by atoms with Crippen LogP contribution in [0.1, 0.15) is 32.4 Å². The van der Waals surface area contributed by atoms with E-state index in [0.717, 1.165) is 0 Å². The number of nitrogens with zero attached hydrogens (tertiary/aromatic N) is 1. The molecule has 2 rings (SSSR count). The summed E-state index contributed by atoms with van der Waals surface area (Å²) in [5.41, 5.74) is 6.95. The Morgan fingerprint density at radius 3 is 2.46 bits per heavy atom. The summed E-state index contributed by atoms with van der Waals surface area (Å²) in [4.78, 5) is 12.6. The predicted molar refractivity (Wildman–Crippen MR) is 107 cm³/mol. The molecule has 3 N–H and O–H groups in total. The van der Waals surface area contributed by atoms with Crippen molar-refractivity contribution in [3.05, 3.63) is 34.1 Å². The molecular formula is C19H30N2O4Si. The third-order valence-corrected chi connectivity index (χ3v) is 9.83. The van der Waals surface area contributed by atoms with Crippen LogP contribution < -0.4 is 15.9 Å². The minimum absolute atomic E-state index is 0.00217. The van der Waals surface area contributed by atoms with Gasteiger partial charge in [-0.05, 0) is 29.8 Å². The molecule has 1 atom stereocenters. The minimum Gasteiger partial charge on any atom is -0.503 e. The second kappa shape index (κ2) is 7.06. The van der Waals surface area contributed by atoms with Crippen LogP contribution in [0.25, 0.3) is 10.9 Å². The topological polar surface area (TPSA) is 86.7 Å². The van der Waals surface area contributed by atoms with Crippen molar-refractivity contribution in [1.82, 2.24) is 4.57 Å². The molecule has 1 unspecified atom stereocenters. The van der Waals surface area contributed by atoms with Crippen LogP contribution in [-0.2, 0) is 11.5 Å². The van der Waals surface area contributed by atoms with Crippen molar-refractivity contribution in [1.29, 1.82) is 0 Å². The zero-order chi connectivity index (χ0) is 19.9. The number of fused-ring (bicyclic) bond motifs is 1. The lowest BCUT2D eigenvalue weighted by molar-refractivity contribution is 0.192. The molecule has 0 aliphatic rings. The average molecular weight is 379 g/mol. The Morgan fingerprint density at radius 1 is 1.35 bits per heavy atom. The Hall–Kier alpha value is -1.83. The number of aromatic nitrogens is 1. The molecule has 0 fully saturated rings. The molecule has 0 aliphatic heterocycles. The summed E-state index contributed by atoms with van der Waals surface area (Å²) in [5.74, 6) is 0.237. The lowest BCUT2D eigenvalue weighted by atomic mass is 10.0. The summed E-state index contributed by atoms with van der Waals surface area (Å²) >= 11 is 0. The first-order valence-electron chi connectivity index (χ1n) is 8.71. The summed E-state index contributed by atoms with van der Waals surface area (Å²) in [6.45, 7) is 11.0. The molecule has 0 saturated carbocycles. The first-order chi connectivity index (χ1) is 11.9. The number of aryl methyl sites for hydroxylation is 1. The van der Waals surface area contributed by atoms with Crippen LogP contribution in [-0.4, -0.2) is 31.6 Å². The third kappa shape index (κ3) is 3.51. The van der Waals surface area contributed by atoms with Crippen LogP contribution in [0.15, 0.2) is 23.1 Å². The maximum absolute atomic E-state index is 12.6. The minimum atomic E-state index is -2.12. The van der Waals surface area contributed by atoms with Gasteiger partial charge in [-0.2, -0.15) is 0 Å². The molecule has 1 heterocycles. The van der Waals surface area contributed by atoms with Crippen molar-refractivity contribution in [2.75, 3.05) is 13.7 Å². The van der Waals surface area contributed by atoms with Gasteiger partial charge in [0.15, 0.2) is 25.2 Å². The molecule has 2 aromatic rings. The van der Waals surface area contributed by atoms with E-state index in [0.29, 0.717) is 22.2 Å². The lowest BCUT2D eigenvalue weighted by Gasteiger charge is -2.39. The number of benzene rings is 1. The number of phenolic OH excluding ortho intramolecular Hbond substituents is 1. The van der Waals surface area contributed by atoms with E-state index in [1.165, 1.54) is 13.2 Å². The van der Waals surface area contributed by atoms with E-state index in [9.17, 15) is 9.90 Å². The molecule has 0 amide bonds. The largest absolute Gasteiger partial charge is 0.503 e. The van der Waals surface area contributed by atoms with Gasteiger partial charge in [-0.3, -0.25) is 4.79 Å². The van der Waals surface area contributed by atoms with Crippen LogP contribution in [0.5, 0.6) is 11.5 Å². The van der Waals surface area contributed by atoms with Gasteiger partial charge in [0.2, 0.25) is 0 Å². The molecule has 0 spiro atoms. The maximum atomic E-state index is 12.6. The molecule has 0 aliphatic carbocycles. The number of hydrogen-bond donors (Lipinski definition) is 2. The number of aromatic hydroxyl groups is 1. The van der Waals surface area contributed by atoms with Gasteiger partial charge in [-0.1, -0.05) is 20.8 Å². The first kappa shape index (κ1) is 20.5. The molecule has 1 aromatic heterocycles. The number of methoxy groups -OCH3 is 1. The fraction of sp³-hybridized carbons (Fsp3) is 0.526.